The highest BCUT2D eigenvalue weighted by Crippen LogP contribution is 2.49. The highest BCUT2D eigenvalue weighted by atomic mass is 35.5. The van der Waals surface area contributed by atoms with Gasteiger partial charge in [-0.1, -0.05) is 24.9 Å². The second-order valence-electron chi connectivity index (χ2n) is 6.00. The molecule has 0 saturated heterocycles. The molecule has 0 amide bonds. The van der Waals surface area contributed by atoms with E-state index >= 15 is 0 Å². The Hall–Kier alpha value is -0.0500. The number of fused-ring (bicyclic) bond motifs is 1. The molecule has 1 aromatic rings. The van der Waals surface area contributed by atoms with Crippen LogP contribution in [0, 0.1) is 5.41 Å². The van der Waals surface area contributed by atoms with Crippen LogP contribution >= 0.6 is 22.9 Å². The van der Waals surface area contributed by atoms with Gasteiger partial charge in [-0.05, 0) is 55.6 Å². The van der Waals surface area contributed by atoms with Gasteiger partial charge in [-0.25, -0.2) is 0 Å². The first kappa shape index (κ1) is 13.0. The van der Waals surface area contributed by atoms with Gasteiger partial charge in [0, 0.05) is 17.5 Å². The number of aryl methyl sites for hydroxylation is 1. The number of hydrogen-bond donors (Lipinski definition) is 1. The van der Waals surface area contributed by atoms with Crippen molar-refractivity contribution in [2.45, 2.75) is 57.9 Å². The van der Waals surface area contributed by atoms with E-state index in [1.807, 2.05) is 0 Å². The van der Waals surface area contributed by atoms with Crippen LogP contribution in [0.1, 0.15) is 61.9 Å². The molecule has 3 rings (SSSR count). The Morgan fingerprint density at radius 3 is 3.06 bits per heavy atom. The van der Waals surface area contributed by atoms with Crippen molar-refractivity contribution in [1.82, 2.24) is 5.32 Å². The molecule has 1 heterocycles. The Balaban J connectivity index is 1.64. The van der Waals surface area contributed by atoms with Gasteiger partial charge in [0.05, 0.1) is 4.34 Å². The summed E-state index contributed by atoms with van der Waals surface area (Å²) in [6, 6.07) is 2.75. The van der Waals surface area contributed by atoms with Crippen molar-refractivity contribution in [1.29, 1.82) is 0 Å². The predicted molar refractivity (Wildman–Crippen MR) is 79.6 cm³/mol. The Kier molecular flexibility index (Phi) is 3.70. The zero-order chi connectivity index (χ0) is 12.6. The molecule has 100 valence electrons. The van der Waals surface area contributed by atoms with Crippen molar-refractivity contribution in [3.63, 3.8) is 0 Å². The Labute approximate surface area is 119 Å². The summed E-state index contributed by atoms with van der Waals surface area (Å²) in [5.41, 5.74) is 2.13. The van der Waals surface area contributed by atoms with Crippen LogP contribution in [0.5, 0.6) is 0 Å². The molecular formula is C15H22ClNS. The van der Waals surface area contributed by atoms with Crippen LogP contribution in [-0.2, 0) is 6.42 Å². The van der Waals surface area contributed by atoms with Gasteiger partial charge in [0.1, 0.15) is 0 Å². The quantitative estimate of drug-likeness (QED) is 0.806. The number of halogens is 1. The summed E-state index contributed by atoms with van der Waals surface area (Å²) in [4.78, 5) is 1.52. The lowest BCUT2D eigenvalue weighted by Gasteiger charge is -2.26. The molecule has 18 heavy (non-hydrogen) atoms. The normalized spacial score (nSPS) is 24.9. The molecule has 0 bridgehead atoms. The van der Waals surface area contributed by atoms with Crippen molar-refractivity contribution < 1.29 is 0 Å². The average molecular weight is 284 g/mol. The summed E-state index contributed by atoms with van der Waals surface area (Å²) < 4.78 is 0.961. The summed E-state index contributed by atoms with van der Waals surface area (Å²) >= 11 is 7.94. The largest absolute Gasteiger partial charge is 0.309 e. The molecule has 1 aromatic heterocycles. The molecule has 0 spiro atoms. The monoisotopic (exact) mass is 283 g/mol. The van der Waals surface area contributed by atoms with Gasteiger partial charge in [0.25, 0.3) is 0 Å². The number of rotatable bonds is 5. The van der Waals surface area contributed by atoms with Gasteiger partial charge in [0.15, 0.2) is 0 Å². The molecular weight excluding hydrogens is 262 g/mol. The minimum absolute atomic E-state index is 0.562. The fourth-order valence-corrected chi connectivity index (χ4v) is 4.68. The van der Waals surface area contributed by atoms with Crippen molar-refractivity contribution in [2.24, 2.45) is 5.41 Å². The van der Waals surface area contributed by atoms with Gasteiger partial charge < -0.3 is 5.32 Å². The van der Waals surface area contributed by atoms with Crippen LogP contribution in [0.15, 0.2) is 6.07 Å². The molecule has 1 unspecified atom stereocenters. The standard InChI is InChI=1S/C15H22ClNS/c1-2-6-15(7-8-15)10-17-12-4-3-5-13-11(12)9-14(16)18-13/h9,12,17H,2-8,10H2,1H3. The van der Waals surface area contributed by atoms with Crippen molar-refractivity contribution in [3.8, 4) is 0 Å². The van der Waals surface area contributed by atoms with E-state index in [4.69, 9.17) is 11.6 Å². The van der Waals surface area contributed by atoms with Gasteiger partial charge >= 0.3 is 0 Å². The number of hydrogen-bond acceptors (Lipinski definition) is 2. The summed E-state index contributed by atoms with van der Waals surface area (Å²) in [6.45, 7) is 3.51. The first-order valence-electron chi connectivity index (χ1n) is 7.24. The van der Waals surface area contributed by atoms with Crippen molar-refractivity contribution in [2.75, 3.05) is 6.54 Å². The van der Waals surface area contributed by atoms with Crippen LogP contribution in [0.25, 0.3) is 0 Å². The molecule has 0 radical (unpaired) electrons. The van der Waals surface area contributed by atoms with E-state index in [0.717, 1.165) is 4.34 Å². The smallest absolute Gasteiger partial charge is 0.0934 e. The summed E-state index contributed by atoms with van der Waals surface area (Å²) in [5, 5.41) is 3.83. The highest BCUT2D eigenvalue weighted by Gasteiger charge is 2.41. The van der Waals surface area contributed by atoms with Gasteiger partial charge in [0.2, 0.25) is 0 Å². The van der Waals surface area contributed by atoms with Crippen LogP contribution < -0.4 is 5.32 Å². The van der Waals surface area contributed by atoms with E-state index in [9.17, 15) is 0 Å². The Morgan fingerprint density at radius 1 is 1.50 bits per heavy atom. The molecule has 0 aliphatic heterocycles. The van der Waals surface area contributed by atoms with Crippen molar-refractivity contribution >= 4 is 22.9 Å². The zero-order valence-corrected chi connectivity index (χ0v) is 12.7. The third-order valence-corrected chi connectivity index (χ3v) is 5.88. The lowest BCUT2D eigenvalue weighted by atomic mass is 9.92. The summed E-state index contributed by atoms with van der Waals surface area (Å²) in [7, 11) is 0. The molecule has 2 aliphatic rings. The van der Waals surface area contributed by atoms with E-state index < -0.39 is 0 Å². The first-order valence-corrected chi connectivity index (χ1v) is 8.43. The minimum atomic E-state index is 0.562. The maximum atomic E-state index is 6.16. The van der Waals surface area contributed by atoms with Crippen molar-refractivity contribution in [3.05, 3.63) is 20.8 Å². The predicted octanol–water partition coefficient (Wildman–Crippen LogP) is 4.95. The molecule has 0 aromatic carbocycles. The Morgan fingerprint density at radius 2 is 2.33 bits per heavy atom. The molecule has 1 nitrogen and oxygen atoms in total. The lowest BCUT2D eigenvalue weighted by Crippen LogP contribution is -2.30. The molecule has 1 saturated carbocycles. The fourth-order valence-electron chi connectivity index (χ4n) is 3.30. The number of thiophene rings is 1. The van der Waals surface area contributed by atoms with Crippen LogP contribution in [0.4, 0.5) is 0 Å². The third kappa shape index (κ3) is 2.61. The lowest BCUT2D eigenvalue weighted by molar-refractivity contribution is 0.369. The van der Waals surface area contributed by atoms with E-state index in [2.05, 4.69) is 18.3 Å². The van der Waals surface area contributed by atoms with E-state index in [-0.39, 0.29) is 0 Å². The van der Waals surface area contributed by atoms with Crippen LogP contribution in [0.2, 0.25) is 4.34 Å². The van der Waals surface area contributed by atoms with Crippen LogP contribution in [0.3, 0.4) is 0 Å². The minimum Gasteiger partial charge on any atom is -0.309 e. The molecule has 2 aliphatic carbocycles. The zero-order valence-electron chi connectivity index (χ0n) is 11.1. The maximum absolute atomic E-state index is 6.16. The second-order valence-corrected chi connectivity index (χ2v) is 7.77. The van der Waals surface area contributed by atoms with E-state index in [1.165, 1.54) is 61.9 Å². The topological polar surface area (TPSA) is 12.0 Å². The number of nitrogens with one attached hydrogen (secondary N) is 1. The summed E-state index contributed by atoms with van der Waals surface area (Å²) in [5.74, 6) is 0. The SMILES string of the molecule is CCCC1(CNC2CCCc3sc(Cl)cc32)CC1. The first-order chi connectivity index (χ1) is 8.72. The molecule has 3 heteroatoms. The van der Waals surface area contributed by atoms with E-state index in [0.29, 0.717) is 11.5 Å². The van der Waals surface area contributed by atoms with Crippen LogP contribution in [-0.4, -0.2) is 6.54 Å². The molecule has 1 atom stereocenters. The summed E-state index contributed by atoms with van der Waals surface area (Å²) in [6.07, 6.45) is 9.39. The molecule has 1 N–H and O–H groups in total. The second kappa shape index (κ2) is 5.15. The van der Waals surface area contributed by atoms with Gasteiger partial charge in [-0.3, -0.25) is 0 Å². The van der Waals surface area contributed by atoms with Gasteiger partial charge in [-0.2, -0.15) is 0 Å². The molecule has 1 fully saturated rings. The highest BCUT2D eigenvalue weighted by molar-refractivity contribution is 7.16. The van der Waals surface area contributed by atoms with E-state index in [1.54, 1.807) is 11.3 Å². The maximum Gasteiger partial charge on any atom is 0.0934 e. The average Bonchev–Trinajstić information content (AvgIpc) is 3.00. The third-order valence-electron chi connectivity index (χ3n) is 4.54. The Bertz CT molecular complexity index is 422. The van der Waals surface area contributed by atoms with Gasteiger partial charge in [-0.15, -0.1) is 11.3 Å². The fraction of sp³-hybridized carbons (Fsp3) is 0.733.